The lowest BCUT2D eigenvalue weighted by Crippen LogP contribution is -2.49. The third-order valence-corrected chi connectivity index (χ3v) is 3.79. The molecule has 1 N–H and O–H groups in total. The highest BCUT2D eigenvalue weighted by molar-refractivity contribution is 5.94. The number of carbonyl (C=O) groups excluding carboxylic acids is 1. The van der Waals surface area contributed by atoms with E-state index in [0.29, 0.717) is 24.6 Å². The molecule has 0 aliphatic carbocycles. The van der Waals surface area contributed by atoms with Gasteiger partial charge in [-0.3, -0.25) is 4.79 Å². The van der Waals surface area contributed by atoms with Crippen molar-refractivity contribution in [3.05, 3.63) is 30.2 Å². The van der Waals surface area contributed by atoms with E-state index in [1.165, 1.54) is 17.2 Å². The Morgan fingerprint density at radius 2 is 2.35 bits per heavy atom. The Hall–Kier alpha value is -2.04. The molecule has 0 spiro atoms. The fraction of sp³-hybridized carbons (Fsp3) is 0.467. The molecule has 1 aliphatic rings. The number of aliphatic carboxylic acids is 1. The molecule has 1 aromatic heterocycles. The first-order chi connectivity index (χ1) is 9.61. The zero-order chi connectivity index (χ0) is 14.5. The van der Waals surface area contributed by atoms with E-state index < -0.39 is 12.0 Å². The number of carboxylic acids is 1. The summed E-state index contributed by atoms with van der Waals surface area (Å²) in [6, 6.07) is 2.75. The van der Waals surface area contributed by atoms with Crippen molar-refractivity contribution in [2.75, 3.05) is 6.54 Å². The highest BCUT2D eigenvalue weighted by Gasteiger charge is 2.34. The number of carboxylic acid groups (broad SMARTS) is 1. The zero-order valence-electron chi connectivity index (χ0n) is 11.5. The van der Waals surface area contributed by atoms with Crippen LogP contribution in [-0.2, 0) is 9.59 Å². The van der Waals surface area contributed by atoms with Crippen LogP contribution < -0.4 is 0 Å². The van der Waals surface area contributed by atoms with E-state index in [2.05, 4.69) is 6.92 Å². The normalized spacial score (nSPS) is 23.1. The maximum absolute atomic E-state index is 12.1. The van der Waals surface area contributed by atoms with E-state index >= 15 is 0 Å². The molecule has 20 heavy (non-hydrogen) atoms. The summed E-state index contributed by atoms with van der Waals surface area (Å²) in [5.74, 6) is -0.242. The minimum atomic E-state index is -0.928. The van der Waals surface area contributed by atoms with Crippen molar-refractivity contribution in [1.29, 1.82) is 0 Å². The number of carbonyl (C=O) groups is 2. The van der Waals surface area contributed by atoms with Crippen LogP contribution in [0, 0.1) is 5.92 Å². The number of hydrogen-bond acceptors (Lipinski definition) is 3. The maximum Gasteiger partial charge on any atom is 0.326 e. The molecule has 108 valence electrons. The number of piperidine rings is 1. The van der Waals surface area contributed by atoms with Crippen LogP contribution >= 0.6 is 0 Å². The molecule has 1 aromatic rings. The van der Waals surface area contributed by atoms with Crippen molar-refractivity contribution < 1.29 is 19.1 Å². The van der Waals surface area contributed by atoms with Gasteiger partial charge in [0.15, 0.2) is 0 Å². The van der Waals surface area contributed by atoms with Gasteiger partial charge in [-0.05, 0) is 37.0 Å². The number of likely N-dealkylation sites (tertiary alicyclic amines) is 1. The standard InChI is InChI=1S/C15H19NO4/c1-2-11-7-8-16(13(10-11)15(18)19)14(17)6-5-12-4-3-9-20-12/h3-6,9,11,13H,2,7-8,10H2,1H3,(H,18,19)/b6-5+. The fourth-order valence-corrected chi connectivity index (χ4v) is 2.54. The molecule has 5 nitrogen and oxygen atoms in total. The van der Waals surface area contributed by atoms with Crippen molar-refractivity contribution >= 4 is 18.0 Å². The summed E-state index contributed by atoms with van der Waals surface area (Å²) in [6.07, 6.45) is 6.81. The van der Waals surface area contributed by atoms with Crippen LogP contribution in [0.25, 0.3) is 6.08 Å². The Bertz CT molecular complexity index is 492. The van der Waals surface area contributed by atoms with Gasteiger partial charge in [-0.1, -0.05) is 13.3 Å². The molecule has 2 rings (SSSR count). The van der Waals surface area contributed by atoms with E-state index in [1.54, 1.807) is 18.2 Å². The number of nitrogens with zero attached hydrogens (tertiary/aromatic N) is 1. The molecular formula is C15H19NO4. The Morgan fingerprint density at radius 1 is 1.55 bits per heavy atom. The van der Waals surface area contributed by atoms with Gasteiger partial charge >= 0.3 is 5.97 Å². The van der Waals surface area contributed by atoms with Crippen LogP contribution in [0.1, 0.15) is 31.9 Å². The van der Waals surface area contributed by atoms with Crippen molar-refractivity contribution in [1.82, 2.24) is 4.90 Å². The van der Waals surface area contributed by atoms with E-state index in [-0.39, 0.29) is 5.91 Å². The topological polar surface area (TPSA) is 70.8 Å². The second-order valence-corrected chi connectivity index (χ2v) is 5.03. The summed E-state index contributed by atoms with van der Waals surface area (Å²) in [5, 5.41) is 9.29. The van der Waals surface area contributed by atoms with Gasteiger partial charge in [-0.25, -0.2) is 4.79 Å². The maximum atomic E-state index is 12.1. The minimum Gasteiger partial charge on any atom is -0.480 e. The molecule has 1 fully saturated rings. The third kappa shape index (κ3) is 3.29. The van der Waals surface area contributed by atoms with Gasteiger partial charge in [0.2, 0.25) is 5.91 Å². The Morgan fingerprint density at radius 3 is 2.95 bits per heavy atom. The van der Waals surface area contributed by atoms with Gasteiger partial charge in [0, 0.05) is 12.6 Å². The molecule has 1 aliphatic heterocycles. The monoisotopic (exact) mass is 277 g/mol. The van der Waals surface area contributed by atoms with E-state index in [9.17, 15) is 14.7 Å². The lowest BCUT2D eigenvalue weighted by Gasteiger charge is -2.36. The second kappa shape index (κ2) is 6.41. The molecular weight excluding hydrogens is 258 g/mol. The Balaban J connectivity index is 2.05. The zero-order valence-corrected chi connectivity index (χ0v) is 11.5. The first-order valence-electron chi connectivity index (χ1n) is 6.86. The molecule has 5 heteroatoms. The summed E-state index contributed by atoms with van der Waals surface area (Å²) in [4.78, 5) is 24.9. The summed E-state index contributed by atoms with van der Waals surface area (Å²) >= 11 is 0. The van der Waals surface area contributed by atoms with Crippen LogP contribution in [0.4, 0.5) is 0 Å². The average molecular weight is 277 g/mol. The van der Waals surface area contributed by atoms with Crippen molar-refractivity contribution in [2.45, 2.75) is 32.2 Å². The van der Waals surface area contributed by atoms with E-state index in [1.807, 2.05) is 0 Å². The fourth-order valence-electron chi connectivity index (χ4n) is 2.54. The van der Waals surface area contributed by atoms with Crippen molar-refractivity contribution in [3.63, 3.8) is 0 Å². The first kappa shape index (κ1) is 14.4. The summed E-state index contributed by atoms with van der Waals surface area (Å²) in [7, 11) is 0. The van der Waals surface area contributed by atoms with Crippen molar-refractivity contribution in [2.24, 2.45) is 5.92 Å². The van der Waals surface area contributed by atoms with Crippen molar-refractivity contribution in [3.8, 4) is 0 Å². The lowest BCUT2D eigenvalue weighted by atomic mass is 9.89. The van der Waals surface area contributed by atoms with Gasteiger partial charge in [0.1, 0.15) is 11.8 Å². The lowest BCUT2D eigenvalue weighted by molar-refractivity contribution is -0.151. The molecule has 0 radical (unpaired) electrons. The first-order valence-corrected chi connectivity index (χ1v) is 6.86. The smallest absolute Gasteiger partial charge is 0.326 e. The molecule has 2 atom stereocenters. The molecule has 0 bridgehead atoms. The van der Waals surface area contributed by atoms with Gasteiger partial charge in [0.25, 0.3) is 0 Å². The third-order valence-electron chi connectivity index (χ3n) is 3.79. The summed E-state index contributed by atoms with van der Waals surface area (Å²) in [5.41, 5.74) is 0. The molecule has 0 saturated carbocycles. The molecule has 1 saturated heterocycles. The second-order valence-electron chi connectivity index (χ2n) is 5.03. The number of rotatable bonds is 4. The minimum absolute atomic E-state index is 0.275. The predicted molar refractivity (Wildman–Crippen MR) is 73.9 cm³/mol. The van der Waals surface area contributed by atoms with Crippen LogP contribution in [0.3, 0.4) is 0 Å². The van der Waals surface area contributed by atoms with Gasteiger partial charge in [0.05, 0.1) is 6.26 Å². The van der Waals surface area contributed by atoms with Crippen LogP contribution in [-0.4, -0.2) is 34.5 Å². The summed E-state index contributed by atoms with van der Waals surface area (Å²) < 4.78 is 5.11. The highest BCUT2D eigenvalue weighted by atomic mass is 16.4. The van der Waals surface area contributed by atoms with Crippen LogP contribution in [0.2, 0.25) is 0 Å². The van der Waals surface area contributed by atoms with E-state index in [4.69, 9.17) is 4.42 Å². The largest absolute Gasteiger partial charge is 0.480 e. The summed E-state index contributed by atoms with van der Waals surface area (Å²) in [6.45, 7) is 2.55. The van der Waals surface area contributed by atoms with Gasteiger partial charge in [-0.2, -0.15) is 0 Å². The Kier molecular flexibility index (Phi) is 4.61. The number of hydrogen-bond donors (Lipinski definition) is 1. The number of furan rings is 1. The van der Waals surface area contributed by atoms with E-state index in [0.717, 1.165) is 12.8 Å². The predicted octanol–water partition coefficient (Wildman–Crippen LogP) is 2.39. The molecule has 1 amide bonds. The molecule has 2 heterocycles. The van der Waals surface area contributed by atoms with Gasteiger partial charge < -0.3 is 14.4 Å². The SMILES string of the molecule is CCC1CCN(C(=O)/C=C/c2ccco2)C(C(=O)O)C1. The average Bonchev–Trinajstić information content (AvgIpc) is 2.97. The Labute approximate surface area is 117 Å². The number of amides is 1. The highest BCUT2D eigenvalue weighted by Crippen LogP contribution is 2.26. The molecule has 2 unspecified atom stereocenters. The van der Waals surface area contributed by atoms with Crippen LogP contribution in [0.15, 0.2) is 28.9 Å². The van der Waals surface area contributed by atoms with Gasteiger partial charge in [-0.15, -0.1) is 0 Å². The quantitative estimate of drug-likeness (QED) is 0.858. The van der Waals surface area contributed by atoms with Crippen LogP contribution in [0.5, 0.6) is 0 Å². The molecule has 0 aromatic carbocycles.